The number of amides is 1. The van der Waals surface area contributed by atoms with Crippen LogP contribution < -0.4 is 4.90 Å². The third-order valence-electron chi connectivity index (χ3n) is 5.40. The first-order valence-electron chi connectivity index (χ1n) is 10.2. The summed E-state index contributed by atoms with van der Waals surface area (Å²) in [6.45, 7) is 0.316. The van der Waals surface area contributed by atoms with Gasteiger partial charge >= 0.3 is 5.97 Å². The van der Waals surface area contributed by atoms with E-state index in [1.54, 1.807) is 29.2 Å². The molecule has 2 atom stereocenters. The first kappa shape index (κ1) is 22.3. The average molecular weight is 470 g/mol. The van der Waals surface area contributed by atoms with Crippen LogP contribution in [0.2, 0.25) is 10.0 Å². The summed E-state index contributed by atoms with van der Waals surface area (Å²) >= 11 is 12.8. The van der Waals surface area contributed by atoms with Gasteiger partial charge in [0.05, 0.1) is 12.2 Å². The minimum Gasteiger partial charge on any atom is -0.481 e. The Morgan fingerprint density at radius 1 is 0.969 bits per heavy atom. The van der Waals surface area contributed by atoms with E-state index in [1.807, 2.05) is 48.5 Å². The van der Waals surface area contributed by atoms with E-state index in [2.05, 4.69) is 0 Å². The summed E-state index contributed by atoms with van der Waals surface area (Å²) in [5.41, 5.74) is 2.99. The molecule has 7 heteroatoms. The number of benzene rings is 3. The van der Waals surface area contributed by atoms with E-state index < -0.39 is 18.2 Å². The van der Waals surface area contributed by atoms with Crippen LogP contribution in [-0.4, -0.2) is 23.1 Å². The minimum atomic E-state index is -0.991. The summed E-state index contributed by atoms with van der Waals surface area (Å²) in [6, 6.07) is 22.2. The first-order valence-corrected chi connectivity index (χ1v) is 11.0. The van der Waals surface area contributed by atoms with E-state index in [-0.39, 0.29) is 18.7 Å². The Balaban J connectivity index is 1.85. The van der Waals surface area contributed by atoms with Gasteiger partial charge in [-0.25, -0.2) is 0 Å². The molecule has 2 unspecified atom stereocenters. The van der Waals surface area contributed by atoms with E-state index in [0.717, 1.165) is 5.56 Å². The maximum atomic E-state index is 13.6. The molecule has 3 aromatic carbocycles. The lowest BCUT2D eigenvalue weighted by Gasteiger charge is -2.25. The number of carbonyl (C=O) groups is 2. The lowest BCUT2D eigenvalue weighted by molar-refractivity contribution is -0.139. The fourth-order valence-electron chi connectivity index (χ4n) is 3.87. The minimum absolute atomic E-state index is 0.0438. The van der Waals surface area contributed by atoms with Crippen molar-refractivity contribution < 1.29 is 19.4 Å². The highest BCUT2D eigenvalue weighted by molar-refractivity contribution is 6.31. The number of hydrogen-bond acceptors (Lipinski definition) is 3. The molecule has 1 amide bonds. The molecule has 0 saturated carbocycles. The summed E-state index contributed by atoms with van der Waals surface area (Å²) in [6.07, 6.45) is -1.78. The van der Waals surface area contributed by atoms with Crippen LogP contribution in [0, 0.1) is 0 Å². The van der Waals surface area contributed by atoms with Crippen molar-refractivity contribution >= 4 is 40.8 Å². The molecule has 4 rings (SSSR count). The smallest absolute Gasteiger partial charge is 0.303 e. The number of nitrogens with zero attached hydrogens (tertiary/aromatic N) is 1. The number of carboxylic acid groups (broad SMARTS) is 1. The standard InChI is InChI=1S/C25H21Cl2NO4/c26-17-10-11-21-19(14-17)24(18-8-4-5-9-20(18)27)32-22(12-13-23(29)30)25(31)28(21)15-16-6-2-1-3-7-16/h1-11,14,22,24H,12-13,15H2,(H,29,30). The number of hydrogen-bond donors (Lipinski definition) is 1. The Morgan fingerprint density at radius 3 is 2.41 bits per heavy atom. The molecule has 1 aliphatic heterocycles. The number of rotatable bonds is 6. The Kier molecular flexibility index (Phi) is 6.80. The van der Waals surface area contributed by atoms with Gasteiger partial charge in [-0.3, -0.25) is 9.59 Å². The van der Waals surface area contributed by atoms with Crippen LogP contribution in [-0.2, 0) is 20.9 Å². The number of aliphatic carboxylic acids is 1. The van der Waals surface area contributed by atoms with Gasteiger partial charge in [-0.15, -0.1) is 0 Å². The predicted molar refractivity (Wildman–Crippen MR) is 124 cm³/mol. The third-order valence-corrected chi connectivity index (χ3v) is 5.98. The fraction of sp³-hybridized carbons (Fsp3) is 0.200. The molecular formula is C25H21Cl2NO4. The monoisotopic (exact) mass is 469 g/mol. The second-order valence-corrected chi connectivity index (χ2v) is 8.42. The molecule has 32 heavy (non-hydrogen) atoms. The van der Waals surface area contributed by atoms with Gasteiger partial charge in [0, 0.05) is 27.6 Å². The Bertz CT molecular complexity index is 1140. The lowest BCUT2D eigenvalue weighted by atomic mass is 9.99. The number of anilines is 1. The lowest BCUT2D eigenvalue weighted by Crippen LogP contribution is -2.39. The second kappa shape index (κ2) is 9.74. The van der Waals surface area contributed by atoms with Gasteiger partial charge < -0.3 is 14.7 Å². The maximum Gasteiger partial charge on any atom is 0.303 e. The van der Waals surface area contributed by atoms with Crippen molar-refractivity contribution in [2.24, 2.45) is 0 Å². The molecule has 5 nitrogen and oxygen atoms in total. The number of halogens is 2. The van der Waals surface area contributed by atoms with Gasteiger partial charge in [0.1, 0.15) is 12.2 Å². The van der Waals surface area contributed by atoms with Gasteiger partial charge in [0.2, 0.25) is 0 Å². The topological polar surface area (TPSA) is 66.8 Å². The van der Waals surface area contributed by atoms with Crippen LogP contribution in [0.4, 0.5) is 5.69 Å². The van der Waals surface area contributed by atoms with Crippen LogP contribution >= 0.6 is 23.2 Å². The highest BCUT2D eigenvalue weighted by atomic mass is 35.5. The molecule has 0 aliphatic carbocycles. The molecule has 1 heterocycles. The highest BCUT2D eigenvalue weighted by Gasteiger charge is 2.37. The van der Waals surface area contributed by atoms with Crippen molar-refractivity contribution in [3.05, 3.63) is 99.5 Å². The van der Waals surface area contributed by atoms with E-state index in [0.29, 0.717) is 33.4 Å². The summed E-state index contributed by atoms with van der Waals surface area (Å²) in [4.78, 5) is 26.5. The summed E-state index contributed by atoms with van der Waals surface area (Å²) in [7, 11) is 0. The molecule has 0 fully saturated rings. The second-order valence-electron chi connectivity index (χ2n) is 7.57. The van der Waals surface area contributed by atoms with Crippen LogP contribution in [0.5, 0.6) is 0 Å². The van der Waals surface area contributed by atoms with Crippen molar-refractivity contribution in [3.63, 3.8) is 0 Å². The quantitative estimate of drug-likeness (QED) is 0.489. The molecule has 0 saturated heterocycles. The van der Waals surface area contributed by atoms with Crippen molar-refractivity contribution in [2.45, 2.75) is 31.6 Å². The molecule has 0 spiro atoms. The Hall–Kier alpha value is -2.86. The van der Waals surface area contributed by atoms with Crippen LogP contribution in [0.3, 0.4) is 0 Å². The number of carboxylic acids is 1. The van der Waals surface area contributed by atoms with E-state index in [1.165, 1.54) is 0 Å². The molecule has 0 bridgehead atoms. The SMILES string of the molecule is O=C(O)CCC1OC(c2ccccc2Cl)c2cc(Cl)ccc2N(Cc2ccccc2)C1=O. The zero-order chi connectivity index (χ0) is 22.7. The van der Waals surface area contributed by atoms with E-state index >= 15 is 0 Å². The summed E-state index contributed by atoms with van der Waals surface area (Å²) < 4.78 is 6.29. The van der Waals surface area contributed by atoms with E-state index in [4.69, 9.17) is 27.9 Å². The Labute approximate surface area is 196 Å². The van der Waals surface area contributed by atoms with Gasteiger partial charge in [-0.1, -0.05) is 71.7 Å². The van der Waals surface area contributed by atoms with Crippen molar-refractivity contribution in [1.82, 2.24) is 0 Å². The van der Waals surface area contributed by atoms with Crippen LogP contribution in [0.25, 0.3) is 0 Å². The number of ether oxygens (including phenoxy) is 1. The third kappa shape index (κ3) is 4.80. The highest BCUT2D eigenvalue weighted by Crippen LogP contribution is 2.42. The number of carbonyl (C=O) groups excluding carboxylic acids is 1. The van der Waals surface area contributed by atoms with Gasteiger partial charge in [-0.2, -0.15) is 0 Å². The maximum absolute atomic E-state index is 13.6. The average Bonchev–Trinajstić information content (AvgIpc) is 2.89. The summed E-state index contributed by atoms with van der Waals surface area (Å²) in [5.74, 6) is -1.29. The molecule has 1 N–H and O–H groups in total. The largest absolute Gasteiger partial charge is 0.481 e. The van der Waals surface area contributed by atoms with Gasteiger partial charge in [0.15, 0.2) is 0 Å². The van der Waals surface area contributed by atoms with Gasteiger partial charge in [-0.05, 0) is 36.2 Å². The molecule has 0 aromatic heterocycles. The van der Waals surface area contributed by atoms with Crippen molar-refractivity contribution in [2.75, 3.05) is 4.90 Å². The molecule has 1 aliphatic rings. The Morgan fingerprint density at radius 2 is 1.69 bits per heavy atom. The first-order chi connectivity index (χ1) is 15.4. The zero-order valence-corrected chi connectivity index (χ0v) is 18.6. The zero-order valence-electron chi connectivity index (χ0n) is 17.1. The van der Waals surface area contributed by atoms with Gasteiger partial charge in [0.25, 0.3) is 5.91 Å². The molecule has 164 valence electrons. The number of fused-ring (bicyclic) bond motifs is 1. The fourth-order valence-corrected chi connectivity index (χ4v) is 4.29. The predicted octanol–water partition coefficient (Wildman–Crippen LogP) is 5.88. The molecule has 0 radical (unpaired) electrons. The molecular weight excluding hydrogens is 449 g/mol. The van der Waals surface area contributed by atoms with Crippen molar-refractivity contribution in [1.29, 1.82) is 0 Å². The van der Waals surface area contributed by atoms with E-state index in [9.17, 15) is 14.7 Å². The van der Waals surface area contributed by atoms with Crippen molar-refractivity contribution in [3.8, 4) is 0 Å². The van der Waals surface area contributed by atoms with Crippen LogP contribution in [0.15, 0.2) is 72.8 Å². The molecule has 3 aromatic rings. The summed E-state index contributed by atoms with van der Waals surface area (Å²) in [5, 5.41) is 10.2. The normalized spacial score (nSPS) is 18.2. The van der Waals surface area contributed by atoms with Crippen LogP contribution in [0.1, 0.15) is 35.6 Å².